The number of rotatable bonds is 5. The van der Waals surface area contributed by atoms with Gasteiger partial charge in [-0.2, -0.15) is 0 Å². The molecule has 0 unspecified atom stereocenters. The average Bonchev–Trinajstić information content (AvgIpc) is 2.25. The van der Waals surface area contributed by atoms with E-state index >= 15 is 0 Å². The van der Waals surface area contributed by atoms with Crippen molar-refractivity contribution in [1.29, 1.82) is 0 Å². The van der Waals surface area contributed by atoms with Crippen LogP contribution in [-0.4, -0.2) is 25.0 Å². The molecule has 0 aromatic heterocycles. The molecule has 0 atom stereocenters. The molecule has 3 nitrogen and oxygen atoms in total. The Balaban J connectivity index is 2.05. The van der Waals surface area contributed by atoms with Crippen LogP contribution >= 0.6 is 0 Å². The molecule has 88 valence electrons. The normalized spacial score (nSPS) is 18.1. The highest BCUT2D eigenvalue weighted by Crippen LogP contribution is 2.22. The maximum Gasteiger partial charge on any atom is 0.233 e. The smallest absolute Gasteiger partial charge is 0.233 e. The first-order valence-corrected chi connectivity index (χ1v) is 6.18. The monoisotopic (exact) mass is 212 g/mol. The van der Waals surface area contributed by atoms with Gasteiger partial charge >= 0.3 is 0 Å². The van der Waals surface area contributed by atoms with Crippen LogP contribution in [0.3, 0.4) is 0 Å². The van der Waals surface area contributed by atoms with Gasteiger partial charge in [0.1, 0.15) is 0 Å². The molecule has 0 bridgehead atoms. The Labute approximate surface area is 93.0 Å². The predicted molar refractivity (Wildman–Crippen MR) is 62.7 cm³/mol. The zero-order valence-corrected chi connectivity index (χ0v) is 10.0. The van der Waals surface area contributed by atoms with Crippen LogP contribution in [0.1, 0.15) is 46.0 Å². The van der Waals surface area contributed by atoms with Crippen molar-refractivity contribution < 1.29 is 4.79 Å². The zero-order valence-electron chi connectivity index (χ0n) is 10.0. The van der Waals surface area contributed by atoms with Crippen molar-refractivity contribution >= 4 is 5.91 Å². The van der Waals surface area contributed by atoms with Gasteiger partial charge in [-0.05, 0) is 18.8 Å². The summed E-state index contributed by atoms with van der Waals surface area (Å²) in [6.45, 7) is 5.42. The van der Waals surface area contributed by atoms with Crippen LogP contribution < -0.4 is 10.6 Å². The first kappa shape index (κ1) is 12.5. The second-order valence-electron chi connectivity index (χ2n) is 4.84. The van der Waals surface area contributed by atoms with Gasteiger partial charge < -0.3 is 10.6 Å². The molecule has 3 heteroatoms. The third kappa shape index (κ3) is 5.78. The summed E-state index contributed by atoms with van der Waals surface area (Å²) in [7, 11) is 0. The van der Waals surface area contributed by atoms with Gasteiger partial charge in [-0.25, -0.2) is 0 Å². The fourth-order valence-corrected chi connectivity index (χ4v) is 2.01. The molecule has 0 saturated heterocycles. The van der Waals surface area contributed by atoms with Crippen molar-refractivity contribution in [2.45, 2.75) is 52.0 Å². The van der Waals surface area contributed by atoms with E-state index in [1.807, 2.05) is 0 Å². The minimum Gasteiger partial charge on any atom is -0.355 e. The third-order valence-corrected chi connectivity index (χ3v) is 2.98. The highest BCUT2D eigenvalue weighted by atomic mass is 16.1. The Morgan fingerprint density at radius 2 is 1.93 bits per heavy atom. The molecular weight excluding hydrogens is 188 g/mol. The van der Waals surface area contributed by atoms with Crippen LogP contribution in [0.4, 0.5) is 0 Å². The lowest BCUT2D eigenvalue weighted by atomic mass is 9.89. The molecule has 1 aliphatic rings. The molecule has 1 aliphatic carbocycles. The maximum atomic E-state index is 11.4. The molecule has 0 heterocycles. The lowest BCUT2D eigenvalue weighted by molar-refractivity contribution is -0.120. The second-order valence-corrected chi connectivity index (χ2v) is 4.84. The minimum absolute atomic E-state index is 0.134. The summed E-state index contributed by atoms with van der Waals surface area (Å²) in [4.78, 5) is 11.4. The summed E-state index contributed by atoms with van der Waals surface area (Å²) in [5, 5.41) is 6.13. The fraction of sp³-hybridized carbons (Fsp3) is 0.917. The first-order chi connectivity index (χ1) is 7.18. The summed E-state index contributed by atoms with van der Waals surface area (Å²) in [5.41, 5.74) is 0. The van der Waals surface area contributed by atoms with Crippen LogP contribution in [0, 0.1) is 5.92 Å². The van der Waals surface area contributed by atoms with E-state index in [1.54, 1.807) is 0 Å². The molecule has 1 amide bonds. The Hall–Kier alpha value is -0.570. The first-order valence-electron chi connectivity index (χ1n) is 6.18. The van der Waals surface area contributed by atoms with Crippen LogP contribution in [0.25, 0.3) is 0 Å². The Bertz CT molecular complexity index is 186. The number of nitrogens with one attached hydrogen (secondary N) is 2. The molecule has 0 radical (unpaired) electrons. The van der Waals surface area contributed by atoms with Gasteiger partial charge in [0.05, 0.1) is 6.54 Å². The minimum atomic E-state index is 0.134. The highest BCUT2D eigenvalue weighted by molar-refractivity contribution is 5.77. The Kier molecular flexibility index (Phi) is 5.69. The van der Waals surface area contributed by atoms with E-state index in [0.29, 0.717) is 12.6 Å². The van der Waals surface area contributed by atoms with Gasteiger partial charge in [0.15, 0.2) is 0 Å². The lowest BCUT2D eigenvalue weighted by Gasteiger charge is -2.21. The van der Waals surface area contributed by atoms with Crippen molar-refractivity contribution in [1.82, 2.24) is 10.6 Å². The number of hydrogen-bond acceptors (Lipinski definition) is 2. The number of carbonyl (C=O) groups excluding carboxylic acids is 1. The maximum absolute atomic E-state index is 11.4. The molecule has 1 rings (SSSR count). The highest BCUT2D eigenvalue weighted by Gasteiger charge is 2.13. The molecule has 2 N–H and O–H groups in total. The van der Waals surface area contributed by atoms with E-state index < -0.39 is 0 Å². The predicted octanol–water partition coefficient (Wildman–Crippen LogP) is 1.68. The summed E-state index contributed by atoms with van der Waals surface area (Å²) in [6.07, 6.45) is 6.63. The number of carbonyl (C=O) groups is 1. The summed E-state index contributed by atoms with van der Waals surface area (Å²) in [6, 6.07) is 0.380. The summed E-state index contributed by atoms with van der Waals surface area (Å²) in [5.74, 6) is 0.857. The quantitative estimate of drug-likeness (QED) is 0.728. The van der Waals surface area contributed by atoms with Gasteiger partial charge in [-0.15, -0.1) is 0 Å². The summed E-state index contributed by atoms with van der Waals surface area (Å²) < 4.78 is 0. The van der Waals surface area contributed by atoms with Crippen molar-refractivity contribution in [3.05, 3.63) is 0 Å². The largest absolute Gasteiger partial charge is 0.355 e. The molecule has 1 saturated carbocycles. The molecule has 0 spiro atoms. The van der Waals surface area contributed by atoms with Crippen LogP contribution in [0.15, 0.2) is 0 Å². The molecule has 0 aromatic carbocycles. The SMILES string of the molecule is CC(C)NCC(=O)NCC1CCCCC1. The topological polar surface area (TPSA) is 41.1 Å². The van der Waals surface area contributed by atoms with Crippen LogP contribution in [-0.2, 0) is 4.79 Å². The Morgan fingerprint density at radius 3 is 2.53 bits per heavy atom. The van der Waals surface area contributed by atoms with Crippen molar-refractivity contribution in [2.75, 3.05) is 13.1 Å². The standard InChI is InChI=1S/C12H24N2O/c1-10(2)13-9-12(15)14-8-11-6-4-3-5-7-11/h10-11,13H,3-9H2,1-2H3,(H,14,15). The van der Waals surface area contributed by atoms with E-state index in [0.717, 1.165) is 12.5 Å². The lowest BCUT2D eigenvalue weighted by Crippen LogP contribution is -2.39. The van der Waals surface area contributed by atoms with Gasteiger partial charge in [0.25, 0.3) is 0 Å². The number of hydrogen-bond donors (Lipinski definition) is 2. The van der Waals surface area contributed by atoms with Gasteiger partial charge in [-0.1, -0.05) is 33.1 Å². The van der Waals surface area contributed by atoms with E-state index in [-0.39, 0.29) is 5.91 Å². The van der Waals surface area contributed by atoms with Crippen LogP contribution in [0.5, 0.6) is 0 Å². The van der Waals surface area contributed by atoms with E-state index in [1.165, 1.54) is 32.1 Å². The average molecular weight is 212 g/mol. The van der Waals surface area contributed by atoms with E-state index in [4.69, 9.17) is 0 Å². The molecule has 1 fully saturated rings. The van der Waals surface area contributed by atoms with E-state index in [2.05, 4.69) is 24.5 Å². The van der Waals surface area contributed by atoms with Crippen molar-refractivity contribution in [3.8, 4) is 0 Å². The zero-order chi connectivity index (χ0) is 11.1. The van der Waals surface area contributed by atoms with Crippen molar-refractivity contribution in [2.24, 2.45) is 5.92 Å². The Morgan fingerprint density at radius 1 is 1.27 bits per heavy atom. The molecule has 0 aliphatic heterocycles. The van der Waals surface area contributed by atoms with E-state index in [9.17, 15) is 4.79 Å². The van der Waals surface area contributed by atoms with Gasteiger partial charge in [-0.3, -0.25) is 4.79 Å². The van der Waals surface area contributed by atoms with Crippen molar-refractivity contribution in [3.63, 3.8) is 0 Å². The summed E-state index contributed by atoms with van der Waals surface area (Å²) >= 11 is 0. The fourth-order valence-electron chi connectivity index (χ4n) is 2.01. The van der Waals surface area contributed by atoms with Gasteiger partial charge in [0.2, 0.25) is 5.91 Å². The molecule has 0 aromatic rings. The number of amides is 1. The van der Waals surface area contributed by atoms with Gasteiger partial charge in [0, 0.05) is 12.6 Å². The third-order valence-electron chi connectivity index (χ3n) is 2.98. The van der Waals surface area contributed by atoms with Crippen LogP contribution in [0.2, 0.25) is 0 Å². The second kappa shape index (κ2) is 6.83. The molecule has 15 heavy (non-hydrogen) atoms. The molecular formula is C12H24N2O.